The summed E-state index contributed by atoms with van der Waals surface area (Å²) in [4.78, 5) is 27.2. The molecule has 0 fully saturated rings. The van der Waals surface area contributed by atoms with Crippen molar-refractivity contribution in [2.75, 3.05) is 12.3 Å². The molecule has 2 rings (SSSR count). The number of hydrogen-bond acceptors (Lipinski definition) is 5. The van der Waals surface area contributed by atoms with Crippen molar-refractivity contribution >= 4 is 23.7 Å². The molecule has 9 heteroatoms. The summed E-state index contributed by atoms with van der Waals surface area (Å²) in [6.07, 6.45) is 1.81. The van der Waals surface area contributed by atoms with E-state index in [9.17, 15) is 14.0 Å². The molecule has 3 amide bonds. The molecule has 3 N–H and O–H groups in total. The zero-order valence-electron chi connectivity index (χ0n) is 13.1. The van der Waals surface area contributed by atoms with Crippen molar-refractivity contribution in [3.05, 3.63) is 30.1 Å². The van der Waals surface area contributed by atoms with Crippen molar-refractivity contribution in [1.82, 2.24) is 25.8 Å². The molecular weight excluding hydrogens is 333 g/mol. The number of carbonyl (C=O) groups excluding carboxylic acids is 2. The Hall–Kier alpha value is -2.42. The maximum atomic E-state index is 13.7. The second-order valence-electron chi connectivity index (χ2n) is 4.89. The highest BCUT2D eigenvalue weighted by molar-refractivity contribution is 7.99. The summed E-state index contributed by atoms with van der Waals surface area (Å²) < 4.78 is 13.7. The third-order valence-electron chi connectivity index (χ3n) is 3.00. The first-order valence-corrected chi connectivity index (χ1v) is 8.46. The summed E-state index contributed by atoms with van der Waals surface area (Å²) in [5, 5.41) is 11.7. The first kappa shape index (κ1) is 17.9. The number of imide groups is 1. The lowest BCUT2D eigenvalue weighted by molar-refractivity contribution is -0.117. The molecule has 0 unspecified atom stereocenters. The number of rotatable bonds is 7. The van der Waals surface area contributed by atoms with Crippen LogP contribution in [-0.4, -0.2) is 39.4 Å². The molecule has 0 saturated carbocycles. The molecular formula is C15H18FN5O2S. The van der Waals surface area contributed by atoms with Gasteiger partial charge in [-0.05, 0) is 18.6 Å². The normalized spacial score (nSPS) is 10.4. The monoisotopic (exact) mass is 351 g/mol. The van der Waals surface area contributed by atoms with Crippen molar-refractivity contribution in [3.8, 4) is 11.4 Å². The number of nitrogens with one attached hydrogen (secondary N) is 3. The first-order chi connectivity index (χ1) is 11.6. The predicted molar refractivity (Wildman–Crippen MR) is 89.0 cm³/mol. The Morgan fingerprint density at radius 2 is 2.12 bits per heavy atom. The van der Waals surface area contributed by atoms with Gasteiger partial charge in [-0.25, -0.2) is 14.2 Å². The maximum absolute atomic E-state index is 13.7. The quantitative estimate of drug-likeness (QED) is 0.525. The van der Waals surface area contributed by atoms with Crippen LogP contribution < -0.4 is 10.6 Å². The zero-order chi connectivity index (χ0) is 17.4. The number of benzene rings is 1. The number of aromatic amines is 1. The van der Waals surface area contributed by atoms with Gasteiger partial charge in [0.2, 0.25) is 11.1 Å². The van der Waals surface area contributed by atoms with E-state index < -0.39 is 17.8 Å². The number of hydrogen-bond donors (Lipinski definition) is 3. The Morgan fingerprint density at radius 1 is 1.33 bits per heavy atom. The van der Waals surface area contributed by atoms with Crippen LogP contribution >= 0.6 is 11.8 Å². The molecule has 0 atom stereocenters. The van der Waals surface area contributed by atoms with E-state index in [0.29, 0.717) is 17.3 Å². The van der Waals surface area contributed by atoms with Crippen LogP contribution in [0.4, 0.5) is 9.18 Å². The van der Waals surface area contributed by atoms with Crippen molar-refractivity contribution in [2.24, 2.45) is 0 Å². The molecule has 128 valence electrons. The van der Waals surface area contributed by atoms with Crippen molar-refractivity contribution in [1.29, 1.82) is 0 Å². The van der Waals surface area contributed by atoms with Gasteiger partial charge in [-0.15, -0.1) is 5.10 Å². The smallest absolute Gasteiger partial charge is 0.321 e. The molecule has 2 aromatic rings. The average molecular weight is 351 g/mol. The highest BCUT2D eigenvalue weighted by Crippen LogP contribution is 2.21. The fraction of sp³-hybridized carbons (Fsp3) is 0.333. The largest absolute Gasteiger partial charge is 0.338 e. The van der Waals surface area contributed by atoms with Gasteiger partial charge >= 0.3 is 6.03 Å². The van der Waals surface area contributed by atoms with Gasteiger partial charge in [-0.3, -0.25) is 15.2 Å². The van der Waals surface area contributed by atoms with Crippen LogP contribution in [0.2, 0.25) is 0 Å². The van der Waals surface area contributed by atoms with Crippen molar-refractivity contribution in [3.63, 3.8) is 0 Å². The van der Waals surface area contributed by atoms with Crippen molar-refractivity contribution < 1.29 is 14.0 Å². The topological polar surface area (TPSA) is 99.8 Å². The SMILES string of the molecule is CCCCNC(=O)NC(=O)CSc1n[nH]c(-c2ccccc2F)n1. The van der Waals surface area contributed by atoms with Gasteiger partial charge < -0.3 is 5.32 Å². The van der Waals surface area contributed by atoms with Crippen LogP contribution in [0.3, 0.4) is 0 Å². The molecule has 0 spiro atoms. The van der Waals surface area contributed by atoms with E-state index in [1.807, 2.05) is 6.92 Å². The number of H-pyrrole nitrogens is 1. The van der Waals surface area contributed by atoms with Gasteiger partial charge in [0.25, 0.3) is 0 Å². The number of thioether (sulfide) groups is 1. The van der Waals surface area contributed by atoms with Crippen molar-refractivity contribution in [2.45, 2.75) is 24.9 Å². The second-order valence-corrected chi connectivity index (χ2v) is 5.84. The number of nitrogens with zero attached hydrogens (tertiary/aromatic N) is 2. The van der Waals surface area contributed by atoms with E-state index in [1.165, 1.54) is 6.07 Å². The number of unbranched alkanes of at least 4 members (excludes halogenated alkanes) is 1. The van der Waals surface area contributed by atoms with E-state index >= 15 is 0 Å². The number of urea groups is 1. The number of amides is 3. The molecule has 0 aliphatic heterocycles. The fourth-order valence-corrected chi connectivity index (χ4v) is 2.40. The van der Waals surface area contributed by atoms with Gasteiger partial charge in [0, 0.05) is 6.54 Å². The third-order valence-corrected chi connectivity index (χ3v) is 3.84. The Morgan fingerprint density at radius 3 is 2.88 bits per heavy atom. The maximum Gasteiger partial charge on any atom is 0.321 e. The Bertz CT molecular complexity index is 707. The minimum Gasteiger partial charge on any atom is -0.338 e. The lowest BCUT2D eigenvalue weighted by Crippen LogP contribution is -2.40. The van der Waals surface area contributed by atoms with Crippen LogP contribution in [0.15, 0.2) is 29.4 Å². The van der Waals surface area contributed by atoms with Crippen LogP contribution in [-0.2, 0) is 4.79 Å². The van der Waals surface area contributed by atoms with Crippen LogP contribution in [0.25, 0.3) is 11.4 Å². The predicted octanol–water partition coefficient (Wildman–Crippen LogP) is 2.33. The average Bonchev–Trinajstić information content (AvgIpc) is 3.02. The molecule has 24 heavy (non-hydrogen) atoms. The van der Waals surface area contributed by atoms with E-state index in [1.54, 1.807) is 18.2 Å². The van der Waals surface area contributed by atoms with Crippen LogP contribution in [0.5, 0.6) is 0 Å². The number of halogens is 1. The summed E-state index contributed by atoms with van der Waals surface area (Å²) in [5.74, 6) is -0.596. The highest BCUT2D eigenvalue weighted by atomic mass is 32.2. The fourth-order valence-electron chi connectivity index (χ4n) is 1.80. The number of aromatic nitrogens is 3. The summed E-state index contributed by atoms with van der Waals surface area (Å²) >= 11 is 1.05. The van der Waals surface area contributed by atoms with Gasteiger partial charge in [0.05, 0.1) is 11.3 Å². The molecule has 1 aromatic carbocycles. The molecule has 0 radical (unpaired) electrons. The molecule has 0 saturated heterocycles. The van der Waals surface area contributed by atoms with Gasteiger partial charge in [0.15, 0.2) is 5.82 Å². The van der Waals surface area contributed by atoms with E-state index in [4.69, 9.17) is 0 Å². The number of carbonyl (C=O) groups is 2. The standard InChI is InChI=1S/C15H18FN5O2S/c1-2-3-8-17-14(23)18-12(22)9-24-15-19-13(20-21-15)10-6-4-5-7-11(10)16/h4-7H,2-3,8-9H2,1H3,(H,19,20,21)(H2,17,18,22,23). The van der Waals surface area contributed by atoms with E-state index in [-0.39, 0.29) is 11.6 Å². The Labute approximate surface area is 142 Å². The lowest BCUT2D eigenvalue weighted by atomic mass is 10.2. The van der Waals surface area contributed by atoms with E-state index in [0.717, 1.165) is 24.6 Å². The minimum absolute atomic E-state index is 0.0181. The zero-order valence-corrected chi connectivity index (χ0v) is 14.0. The minimum atomic E-state index is -0.518. The summed E-state index contributed by atoms with van der Waals surface area (Å²) in [5.41, 5.74) is 0.302. The highest BCUT2D eigenvalue weighted by Gasteiger charge is 2.12. The molecule has 1 heterocycles. The molecule has 7 nitrogen and oxygen atoms in total. The van der Waals surface area contributed by atoms with Crippen LogP contribution in [0.1, 0.15) is 19.8 Å². The first-order valence-electron chi connectivity index (χ1n) is 7.48. The molecule has 0 aliphatic rings. The van der Waals surface area contributed by atoms with Gasteiger partial charge in [-0.2, -0.15) is 0 Å². The molecule has 0 aliphatic carbocycles. The molecule has 1 aromatic heterocycles. The lowest BCUT2D eigenvalue weighted by Gasteiger charge is -2.04. The molecule has 0 bridgehead atoms. The summed E-state index contributed by atoms with van der Waals surface area (Å²) in [6, 6.07) is 5.67. The summed E-state index contributed by atoms with van der Waals surface area (Å²) in [7, 11) is 0. The van der Waals surface area contributed by atoms with Gasteiger partial charge in [0.1, 0.15) is 5.82 Å². The van der Waals surface area contributed by atoms with Crippen LogP contribution in [0, 0.1) is 5.82 Å². The van der Waals surface area contributed by atoms with Gasteiger partial charge in [-0.1, -0.05) is 37.2 Å². The second kappa shape index (κ2) is 9.02. The Balaban J connectivity index is 1.82. The Kier molecular flexibility index (Phi) is 6.74. The third kappa shape index (κ3) is 5.34. The summed E-state index contributed by atoms with van der Waals surface area (Å²) in [6.45, 7) is 2.53. The van der Waals surface area contributed by atoms with E-state index in [2.05, 4.69) is 25.8 Å².